The number of aromatic nitrogens is 2. The van der Waals surface area contributed by atoms with E-state index in [4.69, 9.17) is 4.74 Å². The van der Waals surface area contributed by atoms with Gasteiger partial charge in [-0.15, -0.1) is 0 Å². The Kier molecular flexibility index (Phi) is 6.41. The molecular formula is C20H25N5O3. The third-order valence-corrected chi connectivity index (χ3v) is 4.61. The summed E-state index contributed by atoms with van der Waals surface area (Å²) in [6.07, 6.45) is 1.24. The third kappa shape index (κ3) is 4.76. The van der Waals surface area contributed by atoms with Gasteiger partial charge in [0.2, 0.25) is 5.95 Å². The van der Waals surface area contributed by atoms with Crippen molar-refractivity contribution in [3.63, 3.8) is 0 Å². The Hall–Kier alpha value is -3.16. The van der Waals surface area contributed by atoms with Gasteiger partial charge in [0.25, 0.3) is 5.91 Å². The number of rotatable bonds is 5. The van der Waals surface area contributed by atoms with Gasteiger partial charge in [0.15, 0.2) is 0 Å². The molecule has 2 amide bonds. The number of ether oxygens (including phenoxy) is 1. The van der Waals surface area contributed by atoms with Crippen LogP contribution < -0.4 is 5.32 Å². The van der Waals surface area contributed by atoms with Gasteiger partial charge in [0.05, 0.1) is 12.6 Å². The van der Waals surface area contributed by atoms with Crippen molar-refractivity contribution in [3.8, 4) is 0 Å². The van der Waals surface area contributed by atoms with E-state index in [9.17, 15) is 9.59 Å². The molecule has 8 nitrogen and oxygen atoms in total. The summed E-state index contributed by atoms with van der Waals surface area (Å²) < 4.78 is 5.01. The summed E-state index contributed by atoms with van der Waals surface area (Å²) in [6, 6.07) is 11.6. The van der Waals surface area contributed by atoms with Crippen LogP contribution in [-0.2, 0) is 4.74 Å². The molecule has 1 aliphatic heterocycles. The minimum Gasteiger partial charge on any atom is -0.450 e. The molecule has 0 saturated carbocycles. The van der Waals surface area contributed by atoms with Crippen molar-refractivity contribution in [2.75, 3.05) is 38.1 Å². The second kappa shape index (κ2) is 9.16. The van der Waals surface area contributed by atoms with Crippen LogP contribution in [0.2, 0.25) is 0 Å². The lowest BCUT2D eigenvalue weighted by molar-refractivity contribution is 0.0566. The van der Waals surface area contributed by atoms with Crippen LogP contribution in [0.4, 0.5) is 10.7 Å². The van der Waals surface area contributed by atoms with E-state index in [1.54, 1.807) is 29.0 Å². The summed E-state index contributed by atoms with van der Waals surface area (Å²) >= 11 is 0. The number of nitrogens with one attached hydrogen (secondary N) is 1. The van der Waals surface area contributed by atoms with Gasteiger partial charge in [0.1, 0.15) is 5.69 Å². The molecule has 0 bridgehead atoms. The maximum absolute atomic E-state index is 12.8. The second-order valence-corrected chi connectivity index (χ2v) is 6.52. The van der Waals surface area contributed by atoms with Crippen LogP contribution in [-0.4, -0.2) is 64.6 Å². The van der Waals surface area contributed by atoms with E-state index >= 15 is 0 Å². The largest absolute Gasteiger partial charge is 0.450 e. The first kappa shape index (κ1) is 19.6. The summed E-state index contributed by atoms with van der Waals surface area (Å²) in [6.45, 7) is 5.93. The summed E-state index contributed by atoms with van der Waals surface area (Å²) in [4.78, 5) is 36.5. The highest BCUT2D eigenvalue weighted by molar-refractivity contribution is 5.92. The van der Waals surface area contributed by atoms with Crippen molar-refractivity contribution in [2.45, 2.75) is 19.9 Å². The van der Waals surface area contributed by atoms with Crippen LogP contribution in [0.15, 0.2) is 42.6 Å². The summed E-state index contributed by atoms with van der Waals surface area (Å²) in [5, 5.41) is 3.23. The number of anilines is 1. The second-order valence-electron chi connectivity index (χ2n) is 6.52. The van der Waals surface area contributed by atoms with Gasteiger partial charge in [-0.1, -0.05) is 30.3 Å². The van der Waals surface area contributed by atoms with Crippen LogP contribution in [0.1, 0.15) is 35.9 Å². The quantitative estimate of drug-likeness (QED) is 0.854. The highest BCUT2D eigenvalue weighted by Crippen LogP contribution is 2.17. The Morgan fingerprint density at radius 1 is 1.11 bits per heavy atom. The highest BCUT2D eigenvalue weighted by Gasteiger charge is 2.26. The molecule has 1 aliphatic rings. The number of hydrogen-bond donors (Lipinski definition) is 1. The molecule has 1 fully saturated rings. The van der Waals surface area contributed by atoms with E-state index in [2.05, 4.69) is 15.3 Å². The lowest BCUT2D eigenvalue weighted by Gasteiger charge is -2.33. The van der Waals surface area contributed by atoms with Crippen molar-refractivity contribution in [1.82, 2.24) is 19.8 Å². The number of amides is 2. The summed E-state index contributed by atoms with van der Waals surface area (Å²) in [5.74, 6) is 0.244. The van der Waals surface area contributed by atoms with Crippen molar-refractivity contribution in [1.29, 1.82) is 0 Å². The maximum Gasteiger partial charge on any atom is 0.409 e. The Bertz CT molecular complexity index is 806. The zero-order chi connectivity index (χ0) is 19.9. The van der Waals surface area contributed by atoms with Gasteiger partial charge >= 0.3 is 6.09 Å². The predicted octanol–water partition coefficient (Wildman–Crippen LogP) is 2.56. The minimum atomic E-state index is -0.335. The molecule has 0 spiro atoms. The first-order valence-electron chi connectivity index (χ1n) is 9.44. The molecule has 2 heterocycles. The first-order chi connectivity index (χ1) is 13.6. The van der Waals surface area contributed by atoms with Gasteiger partial charge < -0.3 is 19.9 Å². The fourth-order valence-corrected chi connectivity index (χ4v) is 3.03. The molecule has 1 aromatic carbocycles. The standard InChI is InChI=1S/C20H25N5O3/c1-3-28-20(27)25-13-11-24(12-14-25)18(26)17-9-10-21-19(23-17)22-15(2)16-7-5-4-6-8-16/h4-10,15H,3,11-14H2,1-2H3,(H,21,22,23). The molecule has 1 saturated heterocycles. The normalized spacial score (nSPS) is 15.1. The van der Waals surface area contributed by atoms with Crippen LogP contribution in [0, 0.1) is 0 Å². The SMILES string of the molecule is CCOC(=O)N1CCN(C(=O)c2ccnc(NC(C)c3ccccc3)n2)CC1. The predicted molar refractivity (Wildman–Crippen MR) is 105 cm³/mol. The molecule has 28 heavy (non-hydrogen) atoms. The number of hydrogen-bond acceptors (Lipinski definition) is 6. The van der Waals surface area contributed by atoms with E-state index < -0.39 is 0 Å². The van der Waals surface area contributed by atoms with E-state index in [0.717, 1.165) is 5.56 Å². The Morgan fingerprint density at radius 2 is 1.79 bits per heavy atom. The van der Waals surface area contributed by atoms with E-state index in [1.807, 2.05) is 37.3 Å². The lowest BCUT2D eigenvalue weighted by Crippen LogP contribution is -2.50. The van der Waals surface area contributed by atoms with Gasteiger partial charge in [-0.25, -0.2) is 14.8 Å². The number of carbonyl (C=O) groups excluding carboxylic acids is 2. The topological polar surface area (TPSA) is 87.7 Å². The van der Waals surface area contributed by atoms with Crippen molar-refractivity contribution in [2.24, 2.45) is 0 Å². The Balaban J connectivity index is 1.61. The zero-order valence-corrected chi connectivity index (χ0v) is 16.2. The average molecular weight is 383 g/mol. The zero-order valence-electron chi connectivity index (χ0n) is 16.2. The fraction of sp³-hybridized carbons (Fsp3) is 0.400. The fourth-order valence-electron chi connectivity index (χ4n) is 3.03. The molecule has 0 aliphatic carbocycles. The van der Waals surface area contributed by atoms with Crippen molar-refractivity contribution < 1.29 is 14.3 Å². The number of benzene rings is 1. The van der Waals surface area contributed by atoms with Crippen molar-refractivity contribution >= 4 is 17.9 Å². The van der Waals surface area contributed by atoms with Gasteiger partial charge in [-0.3, -0.25) is 4.79 Å². The molecule has 8 heteroatoms. The molecule has 148 valence electrons. The molecular weight excluding hydrogens is 358 g/mol. The van der Waals surface area contributed by atoms with Crippen LogP contribution in [0.5, 0.6) is 0 Å². The Morgan fingerprint density at radius 3 is 2.46 bits per heavy atom. The van der Waals surface area contributed by atoms with Crippen LogP contribution in [0.25, 0.3) is 0 Å². The number of nitrogens with zero attached hydrogens (tertiary/aromatic N) is 4. The van der Waals surface area contributed by atoms with E-state index in [1.165, 1.54) is 0 Å². The molecule has 3 rings (SSSR count). The average Bonchev–Trinajstić information content (AvgIpc) is 2.74. The third-order valence-electron chi connectivity index (χ3n) is 4.61. The van der Waals surface area contributed by atoms with Gasteiger partial charge in [-0.2, -0.15) is 0 Å². The molecule has 2 aromatic rings. The van der Waals surface area contributed by atoms with E-state index in [-0.39, 0.29) is 18.0 Å². The summed E-state index contributed by atoms with van der Waals surface area (Å²) in [5.41, 5.74) is 1.44. The Labute approximate surface area is 164 Å². The number of piperazine rings is 1. The highest BCUT2D eigenvalue weighted by atomic mass is 16.6. The van der Waals surface area contributed by atoms with E-state index in [0.29, 0.717) is 44.4 Å². The van der Waals surface area contributed by atoms with Crippen LogP contribution >= 0.6 is 0 Å². The minimum absolute atomic E-state index is 0.0136. The summed E-state index contributed by atoms with van der Waals surface area (Å²) in [7, 11) is 0. The molecule has 1 unspecified atom stereocenters. The molecule has 1 N–H and O–H groups in total. The lowest BCUT2D eigenvalue weighted by atomic mass is 10.1. The van der Waals surface area contributed by atoms with Crippen LogP contribution in [0.3, 0.4) is 0 Å². The van der Waals surface area contributed by atoms with Gasteiger partial charge in [0, 0.05) is 32.4 Å². The van der Waals surface area contributed by atoms with Gasteiger partial charge in [-0.05, 0) is 25.5 Å². The van der Waals surface area contributed by atoms with Crippen molar-refractivity contribution in [3.05, 3.63) is 53.9 Å². The maximum atomic E-state index is 12.8. The number of carbonyl (C=O) groups is 2. The first-order valence-corrected chi connectivity index (χ1v) is 9.44. The smallest absolute Gasteiger partial charge is 0.409 e. The molecule has 1 atom stereocenters. The monoisotopic (exact) mass is 383 g/mol. The molecule has 0 radical (unpaired) electrons. The molecule has 1 aromatic heterocycles.